The molecule has 1 atom stereocenters. The van der Waals surface area contributed by atoms with Gasteiger partial charge in [-0.15, -0.1) is 0 Å². The zero-order valence-corrected chi connectivity index (χ0v) is 9.30. The highest BCUT2D eigenvalue weighted by atomic mass is 35.5. The molecule has 0 aromatic heterocycles. The Morgan fingerprint density at radius 3 is 2.67 bits per heavy atom. The Morgan fingerprint density at radius 2 is 2.20 bits per heavy atom. The fourth-order valence-electron chi connectivity index (χ4n) is 2.19. The topological polar surface area (TPSA) is 26.0 Å². The van der Waals surface area contributed by atoms with Crippen LogP contribution in [0.5, 0.6) is 0 Å². The van der Waals surface area contributed by atoms with Gasteiger partial charge in [0, 0.05) is 0 Å². The normalized spacial score (nSPS) is 18.6. The third kappa shape index (κ3) is 2.16. The minimum atomic E-state index is -0.341. The number of nitrogens with two attached hydrogens (primary N) is 1. The summed E-state index contributed by atoms with van der Waals surface area (Å²) in [4.78, 5) is 0. The standard InChI is InChI=1S/C12H15ClFN/c13-11-5-4-9(6-12(11)14)10(7-15)8-2-1-3-8/h4-6,8,10H,1-3,7,15H2. The van der Waals surface area contributed by atoms with E-state index in [1.165, 1.54) is 25.3 Å². The van der Waals surface area contributed by atoms with E-state index >= 15 is 0 Å². The molecule has 15 heavy (non-hydrogen) atoms. The van der Waals surface area contributed by atoms with Crippen molar-refractivity contribution in [3.63, 3.8) is 0 Å². The number of rotatable bonds is 3. The summed E-state index contributed by atoms with van der Waals surface area (Å²) in [6.45, 7) is 0.589. The van der Waals surface area contributed by atoms with Gasteiger partial charge in [0.1, 0.15) is 5.82 Å². The van der Waals surface area contributed by atoms with Gasteiger partial charge >= 0.3 is 0 Å². The number of benzene rings is 1. The van der Waals surface area contributed by atoms with Crippen molar-refractivity contribution in [3.8, 4) is 0 Å². The average molecular weight is 228 g/mol. The lowest BCUT2D eigenvalue weighted by molar-refractivity contribution is 0.263. The van der Waals surface area contributed by atoms with Crippen LogP contribution in [-0.2, 0) is 0 Å². The van der Waals surface area contributed by atoms with E-state index in [1.54, 1.807) is 6.07 Å². The van der Waals surface area contributed by atoms with Crippen LogP contribution in [0.2, 0.25) is 5.02 Å². The largest absolute Gasteiger partial charge is 0.330 e. The summed E-state index contributed by atoms with van der Waals surface area (Å²) >= 11 is 5.65. The molecule has 2 N–H and O–H groups in total. The van der Waals surface area contributed by atoms with Crippen molar-refractivity contribution in [2.75, 3.05) is 6.54 Å². The fraction of sp³-hybridized carbons (Fsp3) is 0.500. The Kier molecular flexibility index (Phi) is 3.27. The van der Waals surface area contributed by atoms with Gasteiger partial charge in [-0.3, -0.25) is 0 Å². The van der Waals surface area contributed by atoms with Crippen molar-refractivity contribution < 1.29 is 4.39 Å². The van der Waals surface area contributed by atoms with Crippen LogP contribution in [0.3, 0.4) is 0 Å². The molecule has 82 valence electrons. The third-order valence-corrected chi connectivity index (χ3v) is 3.65. The monoisotopic (exact) mass is 227 g/mol. The van der Waals surface area contributed by atoms with E-state index in [0.29, 0.717) is 18.4 Å². The molecule has 1 aromatic rings. The summed E-state index contributed by atoms with van der Waals surface area (Å²) in [7, 11) is 0. The molecular formula is C12H15ClFN. The first-order valence-corrected chi connectivity index (χ1v) is 5.75. The Hall–Kier alpha value is -0.600. The first kappa shape index (κ1) is 10.9. The summed E-state index contributed by atoms with van der Waals surface area (Å²) in [5.74, 6) is 0.591. The molecule has 0 radical (unpaired) electrons. The van der Waals surface area contributed by atoms with E-state index in [0.717, 1.165) is 5.56 Å². The number of hydrogen-bond acceptors (Lipinski definition) is 1. The lowest BCUT2D eigenvalue weighted by Gasteiger charge is -2.33. The molecule has 0 saturated heterocycles. The fourth-order valence-corrected chi connectivity index (χ4v) is 2.30. The first-order chi connectivity index (χ1) is 7.22. The summed E-state index contributed by atoms with van der Waals surface area (Å²) in [6.07, 6.45) is 3.70. The predicted molar refractivity (Wildman–Crippen MR) is 60.5 cm³/mol. The quantitative estimate of drug-likeness (QED) is 0.842. The zero-order chi connectivity index (χ0) is 10.8. The lowest BCUT2D eigenvalue weighted by atomic mass is 9.73. The van der Waals surface area contributed by atoms with Gasteiger partial charge in [-0.05, 0) is 48.9 Å². The van der Waals surface area contributed by atoms with E-state index in [2.05, 4.69) is 0 Å². The van der Waals surface area contributed by atoms with Crippen molar-refractivity contribution in [2.45, 2.75) is 25.2 Å². The minimum absolute atomic E-state index is 0.183. The highest BCUT2D eigenvalue weighted by molar-refractivity contribution is 6.30. The first-order valence-electron chi connectivity index (χ1n) is 5.37. The Bertz CT molecular complexity index is 349. The molecule has 1 unspecified atom stereocenters. The Morgan fingerprint density at radius 1 is 1.47 bits per heavy atom. The smallest absolute Gasteiger partial charge is 0.142 e. The second kappa shape index (κ2) is 4.50. The van der Waals surface area contributed by atoms with Crippen LogP contribution in [0.15, 0.2) is 18.2 Å². The lowest BCUT2D eigenvalue weighted by Crippen LogP contribution is -2.26. The van der Waals surface area contributed by atoms with Gasteiger partial charge in [0.15, 0.2) is 0 Å². The number of hydrogen-bond donors (Lipinski definition) is 1. The molecule has 2 rings (SSSR count). The van der Waals surface area contributed by atoms with E-state index in [1.807, 2.05) is 6.07 Å². The van der Waals surface area contributed by atoms with Crippen LogP contribution in [0.1, 0.15) is 30.7 Å². The van der Waals surface area contributed by atoms with Gasteiger partial charge in [-0.2, -0.15) is 0 Å². The van der Waals surface area contributed by atoms with E-state index < -0.39 is 0 Å². The van der Waals surface area contributed by atoms with Crippen molar-refractivity contribution in [3.05, 3.63) is 34.6 Å². The summed E-state index contributed by atoms with van der Waals surface area (Å²) in [6, 6.07) is 5.03. The van der Waals surface area contributed by atoms with Gasteiger partial charge in [0.25, 0.3) is 0 Å². The second-order valence-corrected chi connectivity index (χ2v) is 4.61. The van der Waals surface area contributed by atoms with Crippen LogP contribution >= 0.6 is 11.6 Å². The highest BCUT2D eigenvalue weighted by Gasteiger charge is 2.27. The molecule has 0 bridgehead atoms. The van der Waals surface area contributed by atoms with E-state index in [-0.39, 0.29) is 10.8 Å². The van der Waals surface area contributed by atoms with Crippen molar-refractivity contribution >= 4 is 11.6 Å². The molecule has 1 nitrogen and oxygen atoms in total. The molecular weight excluding hydrogens is 213 g/mol. The van der Waals surface area contributed by atoms with Gasteiger partial charge in [-0.25, -0.2) is 4.39 Å². The predicted octanol–water partition coefficient (Wildman–Crippen LogP) is 3.32. The molecule has 1 aromatic carbocycles. The highest BCUT2D eigenvalue weighted by Crippen LogP contribution is 2.39. The van der Waals surface area contributed by atoms with Gasteiger partial charge in [0.2, 0.25) is 0 Å². The molecule has 0 spiro atoms. The molecule has 0 heterocycles. The maximum Gasteiger partial charge on any atom is 0.142 e. The molecule has 3 heteroatoms. The van der Waals surface area contributed by atoms with Gasteiger partial charge < -0.3 is 5.73 Å². The van der Waals surface area contributed by atoms with Crippen molar-refractivity contribution in [1.29, 1.82) is 0 Å². The van der Waals surface area contributed by atoms with Crippen LogP contribution in [0.25, 0.3) is 0 Å². The minimum Gasteiger partial charge on any atom is -0.330 e. The summed E-state index contributed by atoms with van der Waals surface area (Å²) in [5, 5.41) is 0.183. The summed E-state index contributed by atoms with van der Waals surface area (Å²) in [5.41, 5.74) is 6.74. The molecule has 1 saturated carbocycles. The van der Waals surface area contributed by atoms with Crippen LogP contribution in [0.4, 0.5) is 4.39 Å². The molecule has 1 aliphatic carbocycles. The number of halogens is 2. The Labute approximate surface area is 94.4 Å². The summed E-state index contributed by atoms with van der Waals surface area (Å²) < 4.78 is 13.3. The van der Waals surface area contributed by atoms with Crippen molar-refractivity contribution in [1.82, 2.24) is 0 Å². The van der Waals surface area contributed by atoms with Crippen LogP contribution in [0, 0.1) is 11.7 Å². The Balaban J connectivity index is 2.21. The zero-order valence-electron chi connectivity index (χ0n) is 8.55. The molecule has 1 aliphatic rings. The second-order valence-electron chi connectivity index (χ2n) is 4.21. The molecule has 0 aliphatic heterocycles. The maximum absolute atomic E-state index is 13.3. The maximum atomic E-state index is 13.3. The average Bonchev–Trinajstić information content (AvgIpc) is 2.16. The third-order valence-electron chi connectivity index (χ3n) is 3.34. The van der Waals surface area contributed by atoms with Crippen molar-refractivity contribution in [2.24, 2.45) is 11.7 Å². The van der Waals surface area contributed by atoms with Crippen LogP contribution in [-0.4, -0.2) is 6.54 Å². The van der Waals surface area contributed by atoms with Gasteiger partial charge in [-0.1, -0.05) is 24.1 Å². The molecule has 0 amide bonds. The SMILES string of the molecule is NCC(c1ccc(Cl)c(F)c1)C1CCC1. The van der Waals surface area contributed by atoms with E-state index in [4.69, 9.17) is 17.3 Å². The van der Waals surface area contributed by atoms with Gasteiger partial charge in [0.05, 0.1) is 5.02 Å². The van der Waals surface area contributed by atoms with Crippen LogP contribution < -0.4 is 5.73 Å². The molecule has 1 fully saturated rings. The van der Waals surface area contributed by atoms with E-state index in [9.17, 15) is 4.39 Å².